The van der Waals surface area contributed by atoms with Gasteiger partial charge in [0.05, 0.1) is 13.7 Å². The summed E-state index contributed by atoms with van der Waals surface area (Å²) in [5, 5.41) is 8.58. The topological polar surface area (TPSA) is 38.7 Å². The molecule has 1 rings (SSSR count). The van der Waals surface area contributed by atoms with Crippen LogP contribution in [0.4, 0.5) is 0 Å². The second-order valence-electron chi connectivity index (χ2n) is 2.73. The van der Waals surface area contributed by atoms with Crippen LogP contribution in [0.5, 0.6) is 11.5 Å². The molecule has 3 heteroatoms. The zero-order chi connectivity index (χ0) is 9.68. The Morgan fingerprint density at radius 2 is 2.08 bits per heavy atom. The maximum Gasteiger partial charge on any atom is 0.161 e. The molecular weight excluding hydrogens is 168 g/mol. The van der Waals surface area contributed by atoms with Gasteiger partial charge in [0, 0.05) is 0 Å². The van der Waals surface area contributed by atoms with Gasteiger partial charge in [0.1, 0.15) is 6.61 Å². The van der Waals surface area contributed by atoms with E-state index in [-0.39, 0.29) is 6.61 Å². The van der Waals surface area contributed by atoms with E-state index in [9.17, 15) is 0 Å². The molecule has 13 heavy (non-hydrogen) atoms. The van der Waals surface area contributed by atoms with Crippen LogP contribution in [0.3, 0.4) is 0 Å². The van der Waals surface area contributed by atoms with Gasteiger partial charge in [-0.1, -0.05) is 6.07 Å². The lowest BCUT2D eigenvalue weighted by Gasteiger charge is -2.09. The highest BCUT2D eigenvalue weighted by molar-refractivity contribution is 5.42. The van der Waals surface area contributed by atoms with E-state index in [0.29, 0.717) is 18.1 Å². The molecule has 0 unspecified atom stereocenters. The average molecular weight is 182 g/mol. The van der Waals surface area contributed by atoms with Crippen LogP contribution in [0.1, 0.15) is 5.56 Å². The van der Waals surface area contributed by atoms with Crippen LogP contribution in [0.25, 0.3) is 0 Å². The van der Waals surface area contributed by atoms with Gasteiger partial charge in [-0.25, -0.2) is 0 Å². The second kappa shape index (κ2) is 4.72. The number of hydrogen-bond donors (Lipinski definition) is 1. The molecule has 0 saturated heterocycles. The first kappa shape index (κ1) is 9.86. The Morgan fingerprint density at radius 1 is 1.31 bits per heavy atom. The Labute approximate surface area is 77.9 Å². The maximum absolute atomic E-state index is 8.58. The molecule has 0 fully saturated rings. The zero-order valence-electron chi connectivity index (χ0n) is 7.91. The quantitative estimate of drug-likeness (QED) is 0.764. The van der Waals surface area contributed by atoms with Crippen LogP contribution in [-0.4, -0.2) is 25.4 Å². The number of aryl methyl sites for hydroxylation is 1. The lowest BCUT2D eigenvalue weighted by Crippen LogP contribution is -2.02. The smallest absolute Gasteiger partial charge is 0.161 e. The Morgan fingerprint density at radius 3 is 2.69 bits per heavy atom. The molecular formula is C10H14O3. The summed E-state index contributed by atoms with van der Waals surface area (Å²) >= 11 is 0. The van der Waals surface area contributed by atoms with Crippen molar-refractivity contribution in [3.63, 3.8) is 0 Å². The number of aliphatic hydroxyl groups excluding tert-OH is 1. The number of ether oxygens (including phenoxy) is 2. The summed E-state index contributed by atoms with van der Waals surface area (Å²) in [4.78, 5) is 0. The van der Waals surface area contributed by atoms with E-state index in [1.54, 1.807) is 7.11 Å². The standard InChI is InChI=1S/C10H14O3/c1-8-3-4-9(13-6-5-11)10(7-8)12-2/h3-4,7,11H,5-6H2,1-2H3. The molecule has 3 nitrogen and oxygen atoms in total. The number of methoxy groups -OCH3 is 1. The highest BCUT2D eigenvalue weighted by Crippen LogP contribution is 2.27. The van der Waals surface area contributed by atoms with Crippen LogP contribution < -0.4 is 9.47 Å². The molecule has 1 aromatic rings. The van der Waals surface area contributed by atoms with Gasteiger partial charge >= 0.3 is 0 Å². The predicted molar refractivity (Wildman–Crippen MR) is 50.3 cm³/mol. The third-order valence-electron chi connectivity index (χ3n) is 1.67. The van der Waals surface area contributed by atoms with E-state index in [1.165, 1.54) is 0 Å². The van der Waals surface area contributed by atoms with Gasteiger partial charge in [-0.3, -0.25) is 0 Å². The summed E-state index contributed by atoms with van der Waals surface area (Å²) in [5.74, 6) is 1.37. The molecule has 0 amide bonds. The number of rotatable bonds is 4. The Hall–Kier alpha value is -1.22. The first-order valence-corrected chi connectivity index (χ1v) is 4.16. The van der Waals surface area contributed by atoms with Crippen LogP contribution in [0.15, 0.2) is 18.2 Å². The molecule has 0 aromatic heterocycles. The SMILES string of the molecule is COc1cc(C)ccc1OCCO. The van der Waals surface area contributed by atoms with Gasteiger partial charge < -0.3 is 14.6 Å². The normalized spacial score (nSPS) is 9.77. The first-order chi connectivity index (χ1) is 6.27. The van der Waals surface area contributed by atoms with Crippen molar-refractivity contribution in [2.24, 2.45) is 0 Å². The largest absolute Gasteiger partial charge is 0.493 e. The average Bonchev–Trinajstić information content (AvgIpc) is 2.16. The van der Waals surface area contributed by atoms with Crippen molar-refractivity contribution in [1.82, 2.24) is 0 Å². The van der Waals surface area contributed by atoms with Crippen LogP contribution in [0, 0.1) is 6.92 Å². The fraction of sp³-hybridized carbons (Fsp3) is 0.400. The summed E-state index contributed by atoms with van der Waals surface area (Å²) in [6.45, 7) is 2.29. The summed E-state index contributed by atoms with van der Waals surface area (Å²) in [6.07, 6.45) is 0. The molecule has 0 spiro atoms. The molecule has 0 aliphatic rings. The maximum atomic E-state index is 8.58. The van der Waals surface area contributed by atoms with Gasteiger partial charge in [0.2, 0.25) is 0 Å². The molecule has 0 atom stereocenters. The van der Waals surface area contributed by atoms with Crippen molar-refractivity contribution in [2.45, 2.75) is 6.92 Å². The molecule has 0 heterocycles. The van der Waals surface area contributed by atoms with Gasteiger partial charge in [0.25, 0.3) is 0 Å². The fourth-order valence-electron chi connectivity index (χ4n) is 1.05. The molecule has 1 aromatic carbocycles. The molecule has 0 radical (unpaired) electrons. The van der Waals surface area contributed by atoms with Crippen molar-refractivity contribution in [1.29, 1.82) is 0 Å². The minimum Gasteiger partial charge on any atom is -0.493 e. The Bertz CT molecular complexity index is 271. The fourth-order valence-corrected chi connectivity index (χ4v) is 1.05. The van der Waals surface area contributed by atoms with Crippen molar-refractivity contribution in [3.8, 4) is 11.5 Å². The van der Waals surface area contributed by atoms with Crippen molar-refractivity contribution >= 4 is 0 Å². The van der Waals surface area contributed by atoms with E-state index in [0.717, 1.165) is 5.56 Å². The van der Waals surface area contributed by atoms with E-state index >= 15 is 0 Å². The summed E-state index contributed by atoms with van der Waals surface area (Å²) in [5.41, 5.74) is 1.12. The Balaban J connectivity index is 2.79. The van der Waals surface area contributed by atoms with Crippen molar-refractivity contribution in [2.75, 3.05) is 20.3 Å². The van der Waals surface area contributed by atoms with Crippen molar-refractivity contribution < 1.29 is 14.6 Å². The lowest BCUT2D eigenvalue weighted by atomic mass is 10.2. The van der Waals surface area contributed by atoms with E-state index in [2.05, 4.69) is 0 Å². The molecule has 0 bridgehead atoms. The summed E-state index contributed by atoms with van der Waals surface area (Å²) in [7, 11) is 1.60. The molecule has 0 aliphatic carbocycles. The van der Waals surface area contributed by atoms with E-state index in [4.69, 9.17) is 14.6 Å². The highest BCUT2D eigenvalue weighted by Gasteiger charge is 2.02. The zero-order valence-corrected chi connectivity index (χ0v) is 7.91. The predicted octanol–water partition coefficient (Wildman–Crippen LogP) is 1.37. The number of benzene rings is 1. The van der Waals surface area contributed by atoms with Crippen LogP contribution in [-0.2, 0) is 0 Å². The van der Waals surface area contributed by atoms with Gasteiger partial charge in [0.15, 0.2) is 11.5 Å². The molecule has 0 saturated carbocycles. The monoisotopic (exact) mass is 182 g/mol. The summed E-state index contributed by atoms with van der Waals surface area (Å²) < 4.78 is 10.4. The van der Waals surface area contributed by atoms with Gasteiger partial charge in [-0.05, 0) is 24.6 Å². The van der Waals surface area contributed by atoms with Crippen LogP contribution in [0.2, 0.25) is 0 Å². The van der Waals surface area contributed by atoms with Crippen molar-refractivity contribution in [3.05, 3.63) is 23.8 Å². The second-order valence-corrected chi connectivity index (χ2v) is 2.73. The first-order valence-electron chi connectivity index (χ1n) is 4.16. The molecule has 0 aliphatic heterocycles. The van der Waals surface area contributed by atoms with Gasteiger partial charge in [-0.15, -0.1) is 0 Å². The Kier molecular flexibility index (Phi) is 3.58. The summed E-state index contributed by atoms with van der Waals surface area (Å²) in [6, 6.07) is 5.67. The minimum absolute atomic E-state index is 0.0109. The van der Waals surface area contributed by atoms with Gasteiger partial charge in [-0.2, -0.15) is 0 Å². The third kappa shape index (κ3) is 2.63. The number of aliphatic hydroxyl groups is 1. The van der Waals surface area contributed by atoms with Crippen LogP contribution >= 0.6 is 0 Å². The third-order valence-corrected chi connectivity index (χ3v) is 1.67. The van der Waals surface area contributed by atoms with E-state index in [1.807, 2.05) is 25.1 Å². The molecule has 72 valence electrons. The number of hydrogen-bond acceptors (Lipinski definition) is 3. The minimum atomic E-state index is 0.0109. The lowest BCUT2D eigenvalue weighted by molar-refractivity contribution is 0.196. The molecule has 1 N–H and O–H groups in total. The highest BCUT2D eigenvalue weighted by atomic mass is 16.5. The van der Waals surface area contributed by atoms with E-state index < -0.39 is 0 Å².